The van der Waals surface area contributed by atoms with Crippen molar-refractivity contribution in [2.75, 3.05) is 24.5 Å². The van der Waals surface area contributed by atoms with Crippen molar-refractivity contribution >= 4 is 17.6 Å². The maximum Gasteiger partial charge on any atom is 0.255 e. The predicted molar refractivity (Wildman–Crippen MR) is 124 cm³/mol. The van der Waals surface area contributed by atoms with Crippen LogP contribution >= 0.6 is 0 Å². The molecule has 34 heavy (non-hydrogen) atoms. The molecule has 2 fully saturated rings. The van der Waals surface area contributed by atoms with E-state index in [1.54, 1.807) is 17.1 Å². The molecule has 6 rings (SSSR count). The second-order valence-electron chi connectivity index (χ2n) is 9.63. The molecule has 0 radical (unpaired) electrons. The molecule has 0 bridgehead atoms. The van der Waals surface area contributed by atoms with E-state index in [0.29, 0.717) is 18.0 Å². The maximum absolute atomic E-state index is 12.8. The Bertz CT molecular complexity index is 1280. The van der Waals surface area contributed by atoms with Gasteiger partial charge in [0.2, 0.25) is 5.91 Å². The van der Waals surface area contributed by atoms with Gasteiger partial charge in [-0.15, -0.1) is 0 Å². The van der Waals surface area contributed by atoms with E-state index >= 15 is 0 Å². The molecular formula is C24H28N8O2. The summed E-state index contributed by atoms with van der Waals surface area (Å²) in [4.78, 5) is 31.8. The Morgan fingerprint density at radius 3 is 2.97 bits per heavy atom. The van der Waals surface area contributed by atoms with Gasteiger partial charge in [0.15, 0.2) is 0 Å². The van der Waals surface area contributed by atoms with Crippen molar-refractivity contribution < 1.29 is 9.59 Å². The summed E-state index contributed by atoms with van der Waals surface area (Å²) in [5.41, 5.74) is 5.74. The normalized spacial score (nSPS) is 23.2. The van der Waals surface area contributed by atoms with Crippen molar-refractivity contribution in [2.45, 2.75) is 39.3 Å². The topological polar surface area (TPSA) is 121 Å². The maximum atomic E-state index is 12.8. The number of H-pyrrole nitrogens is 1. The Hall–Kier alpha value is -3.69. The lowest BCUT2D eigenvalue weighted by atomic mass is 10.0. The molecule has 0 spiro atoms. The Morgan fingerprint density at radius 2 is 2.15 bits per heavy atom. The van der Waals surface area contributed by atoms with Gasteiger partial charge in [0.05, 0.1) is 36.0 Å². The first-order valence-corrected chi connectivity index (χ1v) is 11.8. The minimum absolute atomic E-state index is 0.0639. The monoisotopic (exact) mass is 460 g/mol. The summed E-state index contributed by atoms with van der Waals surface area (Å²) >= 11 is 0. The number of amides is 2. The zero-order valence-electron chi connectivity index (χ0n) is 19.3. The summed E-state index contributed by atoms with van der Waals surface area (Å²) in [5.74, 6) is 1.37. The average Bonchev–Trinajstić information content (AvgIpc) is 3.62. The lowest BCUT2D eigenvalue weighted by Gasteiger charge is -2.19. The van der Waals surface area contributed by atoms with Gasteiger partial charge < -0.3 is 15.5 Å². The van der Waals surface area contributed by atoms with Gasteiger partial charge in [-0.3, -0.25) is 19.4 Å². The molecule has 2 saturated heterocycles. The third kappa shape index (κ3) is 3.53. The van der Waals surface area contributed by atoms with Crippen LogP contribution in [0.3, 0.4) is 0 Å². The smallest absolute Gasteiger partial charge is 0.255 e. The number of carbonyl (C=O) groups is 2. The van der Waals surface area contributed by atoms with Crippen LogP contribution in [0.1, 0.15) is 51.0 Å². The number of nitrogens with one attached hydrogen (secondary N) is 3. The Balaban J connectivity index is 1.10. The SMILES string of the molecule is Cc1nc(N2C[C@@H]3CNC(=O)[C@@H]3C2)ccc1Cn1cc(C(=O)N[C@@H]2CCc3c2n[nH]c3C)cn1. The number of rotatable bonds is 5. The molecule has 10 heteroatoms. The van der Waals surface area contributed by atoms with Gasteiger partial charge >= 0.3 is 0 Å². The Morgan fingerprint density at radius 1 is 1.26 bits per heavy atom. The van der Waals surface area contributed by atoms with Crippen LogP contribution in [0.4, 0.5) is 5.82 Å². The molecule has 2 aliphatic heterocycles. The molecule has 3 aromatic rings. The fourth-order valence-corrected chi connectivity index (χ4v) is 5.47. The molecule has 3 aliphatic rings. The van der Waals surface area contributed by atoms with Crippen LogP contribution in [0.5, 0.6) is 0 Å². The fourth-order valence-electron chi connectivity index (χ4n) is 5.47. The highest BCUT2D eigenvalue weighted by atomic mass is 16.2. The van der Waals surface area contributed by atoms with E-state index in [1.165, 1.54) is 5.56 Å². The predicted octanol–water partition coefficient (Wildman–Crippen LogP) is 1.27. The van der Waals surface area contributed by atoms with Crippen molar-refractivity contribution in [3.8, 4) is 0 Å². The van der Waals surface area contributed by atoms with Crippen LogP contribution in [0, 0.1) is 25.7 Å². The van der Waals surface area contributed by atoms with Gasteiger partial charge in [0.1, 0.15) is 5.82 Å². The largest absolute Gasteiger partial charge is 0.355 e. The highest BCUT2D eigenvalue weighted by molar-refractivity contribution is 5.94. The summed E-state index contributed by atoms with van der Waals surface area (Å²) in [5, 5.41) is 17.8. The number of pyridine rings is 1. The molecule has 0 aromatic carbocycles. The van der Waals surface area contributed by atoms with Gasteiger partial charge in [-0.25, -0.2) is 4.98 Å². The van der Waals surface area contributed by atoms with Crippen molar-refractivity contribution in [1.82, 2.24) is 35.6 Å². The van der Waals surface area contributed by atoms with E-state index in [1.807, 2.05) is 19.9 Å². The van der Waals surface area contributed by atoms with Gasteiger partial charge in [0, 0.05) is 43.1 Å². The summed E-state index contributed by atoms with van der Waals surface area (Å²) in [7, 11) is 0. The molecule has 3 atom stereocenters. The number of hydrogen-bond acceptors (Lipinski definition) is 6. The first-order valence-electron chi connectivity index (χ1n) is 11.8. The number of aromatic amines is 1. The minimum atomic E-state index is -0.140. The van der Waals surface area contributed by atoms with E-state index in [-0.39, 0.29) is 23.8 Å². The first kappa shape index (κ1) is 20.9. The molecule has 5 heterocycles. The van der Waals surface area contributed by atoms with Crippen molar-refractivity contribution in [1.29, 1.82) is 0 Å². The van der Waals surface area contributed by atoms with E-state index in [9.17, 15) is 9.59 Å². The molecule has 176 valence electrons. The number of aryl methyl sites for hydroxylation is 2. The van der Waals surface area contributed by atoms with Crippen LogP contribution in [0.15, 0.2) is 24.5 Å². The van der Waals surface area contributed by atoms with Crippen molar-refractivity contribution in [2.24, 2.45) is 11.8 Å². The van der Waals surface area contributed by atoms with Gasteiger partial charge in [-0.1, -0.05) is 6.07 Å². The third-order valence-corrected chi connectivity index (χ3v) is 7.47. The van der Waals surface area contributed by atoms with Crippen LogP contribution in [-0.4, -0.2) is 56.4 Å². The van der Waals surface area contributed by atoms with Crippen LogP contribution < -0.4 is 15.5 Å². The van der Waals surface area contributed by atoms with E-state index in [0.717, 1.165) is 60.9 Å². The molecule has 3 N–H and O–H groups in total. The van der Waals surface area contributed by atoms with Gasteiger partial charge in [0.25, 0.3) is 5.91 Å². The molecule has 2 amide bonds. The van der Waals surface area contributed by atoms with Crippen LogP contribution in [0.2, 0.25) is 0 Å². The third-order valence-electron chi connectivity index (χ3n) is 7.47. The molecule has 0 saturated carbocycles. The number of anilines is 1. The molecule has 0 unspecified atom stereocenters. The van der Waals surface area contributed by atoms with Crippen molar-refractivity contribution in [3.63, 3.8) is 0 Å². The van der Waals surface area contributed by atoms with E-state index in [2.05, 4.69) is 36.9 Å². The fraction of sp³-hybridized carbons (Fsp3) is 0.458. The zero-order chi connectivity index (χ0) is 23.4. The molecule has 10 nitrogen and oxygen atoms in total. The average molecular weight is 461 g/mol. The molecule has 1 aliphatic carbocycles. The van der Waals surface area contributed by atoms with Crippen LogP contribution in [0.25, 0.3) is 0 Å². The van der Waals surface area contributed by atoms with E-state index in [4.69, 9.17) is 4.98 Å². The van der Waals surface area contributed by atoms with Crippen LogP contribution in [-0.2, 0) is 17.8 Å². The van der Waals surface area contributed by atoms with Gasteiger partial charge in [-0.2, -0.15) is 10.2 Å². The summed E-state index contributed by atoms with van der Waals surface area (Å²) in [6, 6.07) is 4.01. The van der Waals surface area contributed by atoms with Crippen molar-refractivity contribution in [3.05, 3.63) is 58.3 Å². The highest BCUT2D eigenvalue weighted by Gasteiger charge is 2.42. The summed E-state index contributed by atoms with van der Waals surface area (Å²) < 4.78 is 1.77. The Labute approximate surface area is 197 Å². The lowest BCUT2D eigenvalue weighted by molar-refractivity contribution is -0.122. The number of fused-ring (bicyclic) bond motifs is 2. The molecular weight excluding hydrogens is 432 g/mol. The number of hydrogen-bond donors (Lipinski definition) is 3. The standard InChI is InChI=1S/C24H28N8O2/c1-13-15(3-6-21(27-13)31-9-16-7-25-24(34)19(16)12-31)10-32-11-17(8-26-32)23(33)28-20-5-4-18-14(2)29-30-22(18)20/h3,6,8,11,16,19-20H,4-5,7,9-10,12H2,1-2H3,(H,25,34)(H,28,33)(H,29,30)/t16-,19+,20+/m0/s1. The Kier molecular flexibility index (Phi) is 4.89. The van der Waals surface area contributed by atoms with Gasteiger partial charge in [-0.05, 0) is 43.9 Å². The highest BCUT2D eigenvalue weighted by Crippen LogP contribution is 2.32. The number of carbonyl (C=O) groups excluding carboxylic acids is 2. The summed E-state index contributed by atoms with van der Waals surface area (Å²) in [6.07, 6.45) is 5.17. The summed E-state index contributed by atoms with van der Waals surface area (Å²) in [6.45, 7) is 6.87. The minimum Gasteiger partial charge on any atom is -0.355 e. The first-order chi connectivity index (χ1) is 16.5. The lowest BCUT2D eigenvalue weighted by Crippen LogP contribution is -2.29. The quantitative estimate of drug-likeness (QED) is 0.527. The second kappa shape index (κ2) is 7.96. The van der Waals surface area contributed by atoms with E-state index < -0.39 is 0 Å². The number of nitrogens with zero attached hydrogens (tertiary/aromatic N) is 5. The zero-order valence-corrected chi connectivity index (χ0v) is 19.3. The second-order valence-corrected chi connectivity index (χ2v) is 9.63. The number of aromatic nitrogens is 5. The molecule has 3 aromatic heterocycles.